The maximum absolute atomic E-state index is 2.45. The molecule has 0 aliphatic rings. The molecule has 250 valence electrons. The second-order valence-electron chi connectivity index (χ2n) is 14.4. The first-order valence-electron chi connectivity index (χ1n) is 18.8. The highest BCUT2D eigenvalue weighted by Crippen LogP contribution is 2.44. The summed E-state index contributed by atoms with van der Waals surface area (Å²) in [6, 6.07) is 76.1. The van der Waals surface area contributed by atoms with Crippen molar-refractivity contribution in [2.45, 2.75) is 0 Å². The fourth-order valence-electron chi connectivity index (χ4n) is 8.89. The fraction of sp³-hybridized carbons (Fsp3) is 0. The van der Waals surface area contributed by atoms with E-state index in [1.807, 2.05) is 0 Å². The van der Waals surface area contributed by atoms with Gasteiger partial charge in [0.15, 0.2) is 0 Å². The summed E-state index contributed by atoms with van der Waals surface area (Å²) in [5.41, 5.74) is 9.92. The smallest absolute Gasteiger partial charge is 0.00199 e. The van der Waals surface area contributed by atoms with Gasteiger partial charge in [-0.25, -0.2) is 0 Å². The molecule has 0 saturated carbocycles. The van der Waals surface area contributed by atoms with Gasteiger partial charge in [-0.1, -0.05) is 188 Å². The van der Waals surface area contributed by atoms with Crippen LogP contribution in [0.5, 0.6) is 0 Å². The Bertz CT molecular complexity index is 3250. The van der Waals surface area contributed by atoms with Crippen molar-refractivity contribution < 1.29 is 0 Å². The van der Waals surface area contributed by atoms with Gasteiger partial charge in [0.05, 0.1) is 0 Å². The van der Waals surface area contributed by atoms with E-state index in [-0.39, 0.29) is 0 Å². The standard InChI is InChI=1S/C54H34/c1-3-18-42-36(12-1)14-10-24-44(42)38-28-26-35(27-29-38)39-30-31-50-52(33-39)46-20-5-6-21-47(46)53-34-51(48-22-7-8-23-49(48)54(50)53)41-17-9-16-40(32-41)45-25-11-15-37-13-2-4-19-43(37)45/h1-34H. The van der Waals surface area contributed by atoms with Gasteiger partial charge >= 0.3 is 0 Å². The highest BCUT2D eigenvalue weighted by atomic mass is 14.2. The van der Waals surface area contributed by atoms with E-state index < -0.39 is 0 Å². The normalized spacial score (nSPS) is 11.7. The van der Waals surface area contributed by atoms with Crippen molar-refractivity contribution >= 4 is 64.6 Å². The minimum Gasteiger partial charge on any atom is -0.0616 e. The molecule has 0 aliphatic heterocycles. The summed E-state index contributed by atoms with van der Waals surface area (Å²) in [7, 11) is 0. The van der Waals surface area contributed by atoms with E-state index in [4.69, 9.17) is 0 Å². The Morgan fingerprint density at radius 2 is 0.648 bits per heavy atom. The van der Waals surface area contributed by atoms with Crippen molar-refractivity contribution in [3.8, 4) is 44.5 Å². The third kappa shape index (κ3) is 4.85. The van der Waals surface area contributed by atoms with Crippen LogP contribution < -0.4 is 0 Å². The van der Waals surface area contributed by atoms with Crippen LogP contribution in [0.3, 0.4) is 0 Å². The van der Waals surface area contributed by atoms with E-state index in [2.05, 4.69) is 206 Å². The zero-order valence-corrected chi connectivity index (χ0v) is 29.6. The second kappa shape index (κ2) is 12.3. The lowest BCUT2D eigenvalue weighted by atomic mass is 9.86. The summed E-state index contributed by atoms with van der Waals surface area (Å²) in [5, 5.41) is 15.4. The SMILES string of the molecule is c1cc(-c2cccc3ccccc23)cc(-c2cc3c4ccccc4c4cc(-c5ccc(-c6cccc7ccccc67)cc5)ccc4c3c3ccccc23)c1. The van der Waals surface area contributed by atoms with E-state index in [9.17, 15) is 0 Å². The number of rotatable bonds is 4. The molecule has 0 spiro atoms. The van der Waals surface area contributed by atoms with Crippen molar-refractivity contribution in [3.63, 3.8) is 0 Å². The van der Waals surface area contributed by atoms with Gasteiger partial charge in [0.25, 0.3) is 0 Å². The zero-order valence-electron chi connectivity index (χ0n) is 29.6. The van der Waals surface area contributed by atoms with Crippen molar-refractivity contribution in [1.82, 2.24) is 0 Å². The molecule has 0 heteroatoms. The molecule has 0 aliphatic carbocycles. The Balaban J connectivity index is 1.09. The van der Waals surface area contributed by atoms with Gasteiger partial charge < -0.3 is 0 Å². The Morgan fingerprint density at radius 1 is 0.185 bits per heavy atom. The molecule has 0 nitrogen and oxygen atoms in total. The molecule has 54 heavy (non-hydrogen) atoms. The third-order valence-corrected chi connectivity index (χ3v) is 11.4. The van der Waals surface area contributed by atoms with Crippen LogP contribution in [0.25, 0.3) is 109 Å². The topological polar surface area (TPSA) is 0 Å². The largest absolute Gasteiger partial charge is 0.0616 e. The van der Waals surface area contributed by atoms with Gasteiger partial charge in [-0.2, -0.15) is 0 Å². The summed E-state index contributed by atoms with van der Waals surface area (Å²) in [5.74, 6) is 0. The van der Waals surface area contributed by atoms with Gasteiger partial charge in [-0.05, 0) is 127 Å². The predicted molar refractivity (Wildman–Crippen MR) is 233 cm³/mol. The Morgan fingerprint density at radius 3 is 1.33 bits per heavy atom. The van der Waals surface area contributed by atoms with Crippen LogP contribution >= 0.6 is 0 Å². The van der Waals surface area contributed by atoms with E-state index >= 15 is 0 Å². The van der Waals surface area contributed by atoms with Crippen LogP contribution in [0.1, 0.15) is 0 Å². The minimum atomic E-state index is 1.22. The summed E-state index contributed by atoms with van der Waals surface area (Å²) in [6.07, 6.45) is 0. The lowest BCUT2D eigenvalue weighted by Crippen LogP contribution is -1.90. The van der Waals surface area contributed by atoms with Gasteiger partial charge in [-0.15, -0.1) is 0 Å². The maximum atomic E-state index is 2.45. The summed E-state index contributed by atoms with van der Waals surface area (Å²) in [4.78, 5) is 0. The Labute approximate surface area is 314 Å². The molecule has 11 rings (SSSR count). The molecule has 0 radical (unpaired) electrons. The first-order valence-corrected chi connectivity index (χ1v) is 18.8. The van der Waals surface area contributed by atoms with E-state index in [1.54, 1.807) is 0 Å². The molecule has 0 bridgehead atoms. The lowest BCUT2D eigenvalue weighted by Gasteiger charge is -2.17. The van der Waals surface area contributed by atoms with Crippen LogP contribution in [0.15, 0.2) is 206 Å². The van der Waals surface area contributed by atoms with Crippen molar-refractivity contribution in [2.24, 2.45) is 0 Å². The molecule has 0 N–H and O–H groups in total. The molecule has 0 saturated heterocycles. The second-order valence-corrected chi connectivity index (χ2v) is 14.4. The van der Waals surface area contributed by atoms with E-state index in [0.717, 1.165) is 0 Å². The Hall–Kier alpha value is -7.02. The fourth-order valence-corrected chi connectivity index (χ4v) is 8.89. The quantitative estimate of drug-likeness (QED) is 0.162. The maximum Gasteiger partial charge on any atom is -0.00199 e. The Kier molecular flexibility index (Phi) is 6.97. The molecule has 0 fully saturated rings. The minimum absolute atomic E-state index is 1.22. The van der Waals surface area contributed by atoms with Crippen molar-refractivity contribution in [1.29, 1.82) is 0 Å². The number of hydrogen-bond acceptors (Lipinski definition) is 0. The average Bonchev–Trinajstić information content (AvgIpc) is 3.25. The highest BCUT2D eigenvalue weighted by molar-refractivity contribution is 6.33. The third-order valence-electron chi connectivity index (χ3n) is 11.4. The van der Waals surface area contributed by atoms with Crippen LogP contribution in [0.4, 0.5) is 0 Å². The van der Waals surface area contributed by atoms with Gasteiger partial charge in [0.1, 0.15) is 0 Å². The summed E-state index contributed by atoms with van der Waals surface area (Å²) in [6.45, 7) is 0. The van der Waals surface area contributed by atoms with Crippen LogP contribution in [0.2, 0.25) is 0 Å². The number of fused-ring (bicyclic) bond motifs is 10. The highest BCUT2D eigenvalue weighted by Gasteiger charge is 2.17. The monoisotopic (exact) mass is 682 g/mol. The zero-order chi connectivity index (χ0) is 35.6. The molecule has 0 aromatic heterocycles. The van der Waals surface area contributed by atoms with Crippen LogP contribution in [-0.4, -0.2) is 0 Å². The summed E-state index contributed by atoms with van der Waals surface area (Å²) >= 11 is 0. The molecule has 11 aromatic carbocycles. The first-order chi connectivity index (χ1) is 26.8. The molecule has 0 atom stereocenters. The summed E-state index contributed by atoms with van der Waals surface area (Å²) < 4.78 is 0. The molecule has 0 heterocycles. The van der Waals surface area contributed by atoms with Crippen LogP contribution in [0, 0.1) is 0 Å². The lowest BCUT2D eigenvalue weighted by molar-refractivity contribution is 1.62. The first kappa shape index (κ1) is 30.6. The van der Waals surface area contributed by atoms with Gasteiger partial charge in [0, 0.05) is 0 Å². The number of benzene rings is 11. The molecule has 0 amide bonds. The van der Waals surface area contributed by atoms with Gasteiger partial charge in [-0.3, -0.25) is 0 Å². The average molecular weight is 683 g/mol. The molecular weight excluding hydrogens is 649 g/mol. The van der Waals surface area contributed by atoms with E-state index in [0.29, 0.717) is 0 Å². The molecular formula is C54H34. The molecule has 11 aromatic rings. The van der Waals surface area contributed by atoms with Gasteiger partial charge in [0.2, 0.25) is 0 Å². The van der Waals surface area contributed by atoms with Crippen molar-refractivity contribution in [3.05, 3.63) is 206 Å². The van der Waals surface area contributed by atoms with E-state index in [1.165, 1.54) is 109 Å². The predicted octanol–water partition coefficient (Wildman–Crippen LogP) is 15.3. The van der Waals surface area contributed by atoms with Crippen LogP contribution in [-0.2, 0) is 0 Å². The van der Waals surface area contributed by atoms with Crippen molar-refractivity contribution in [2.75, 3.05) is 0 Å². The molecule has 0 unspecified atom stereocenters. The number of hydrogen-bond donors (Lipinski definition) is 0.